The van der Waals surface area contributed by atoms with E-state index in [0.717, 1.165) is 43.1 Å². The molecule has 0 radical (unpaired) electrons. The summed E-state index contributed by atoms with van der Waals surface area (Å²) in [6.45, 7) is 5.29. The van der Waals surface area contributed by atoms with Crippen molar-refractivity contribution in [2.45, 2.75) is 18.4 Å². The number of morpholine rings is 1. The van der Waals surface area contributed by atoms with Gasteiger partial charge in [0, 0.05) is 30.3 Å². The van der Waals surface area contributed by atoms with Gasteiger partial charge in [-0.15, -0.1) is 0 Å². The molecule has 1 saturated heterocycles. The number of nitrogens with zero attached hydrogens (tertiary/aromatic N) is 1. The van der Waals surface area contributed by atoms with Gasteiger partial charge in [-0.2, -0.15) is 0 Å². The number of hydrogen-bond acceptors (Lipinski definition) is 4. The van der Waals surface area contributed by atoms with Gasteiger partial charge >= 0.3 is 0 Å². The number of halogens is 1. The second kappa shape index (κ2) is 7.74. The average molecular weight is 381 g/mol. The van der Waals surface area contributed by atoms with Crippen molar-refractivity contribution < 1.29 is 13.2 Å². The SMILES string of the molecule is Cc1ccc(S(=O)(=O)NCc2ccc(N3CCOCC3)cc2)cc1Cl. The van der Waals surface area contributed by atoms with Gasteiger partial charge in [-0.25, -0.2) is 13.1 Å². The van der Waals surface area contributed by atoms with Crippen LogP contribution in [0.3, 0.4) is 0 Å². The first-order chi connectivity index (χ1) is 12.0. The smallest absolute Gasteiger partial charge is 0.240 e. The Hall–Kier alpha value is -1.60. The molecule has 0 atom stereocenters. The van der Waals surface area contributed by atoms with Crippen molar-refractivity contribution in [2.24, 2.45) is 0 Å². The van der Waals surface area contributed by atoms with E-state index in [9.17, 15) is 8.42 Å². The van der Waals surface area contributed by atoms with Crippen LogP contribution in [0.2, 0.25) is 5.02 Å². The lowest BCUT2D eigenvalue weighted by Gasteiger charge is -2.28. The highest BCUT2D eigenvalue weighted by molar-refractivity contribution is 7.89. The number of anilines is 1. The van der Waals surface area contributed by atoms with Crippen LogP contribution in [0.25, 0.3) is 0 Å². The van der Waals surface area contributed by atoms with Gasteiger partial charge in [-0.3, -0.25) is 0 Å². The maximum Gasteiger partial charge on any atom is 0.240 e. The van der Waals surface area contributed by atoms with Crippen molar-refractivity contribution in [3.05, 3.63) is 58.6 Å². The second-order valence-electron chi connectivity index (χ2n) is 6.00. The molecule has 1 aliphatic heterocycles. The number of rotatable bonds is 5. The minimum atomic E-state index is -3.59. The Morgan fingerprint density at radius 3 is 2.44 bits per heavy atom. The zero-order valence-corrected chi connectivity index (χ0v) is 15.6. The minimum Gasteiger partial charge on any atom is -0.378 e. The van der Waals surface area contributed by atoms with Crippen LogP contribution >= 0.6 is 11.6 Å². The summed E-state index contributed by atoms with van der Waals surface area (Å²) in [6, 6.07) is 12.6. The highest BCUT2D eigenvalue weighted by Gasteiger charge is 2.15. The molecule has 1 heterocycles. The van der Waals surface area contributed by atoms with Crippen LogP contribution in [0.5, 0.6) is 0 Å². The summed E-state index contributed by atoms with van der Waals surface area (Å²) in [4.78, 5) is 2.43. The third-order valence-electron chi connectivity index (χ3n) is 4.23. The van der Waals surface area contributed by atoms with Crippen molar-refractivity contribution in [2.75, 3.05) is 31.2 Å². The molecule has 0 saturated carbocycles. The highest BCUT2D eigenvalue weighted by Crippen LogP contribution is 2.20. The number of ether oxygens (including phenoxy) is 1. The van der Waals surface area contributed by atoms with Crippen molar-refractivity contribution in [1.82, 2.24) is 4.72 Å². The molecule has 2 aromatic rings. The third kappa shape index (κ3) is 4.52. The van der Waals surface area contributed by atoms with Gasteiger partial charge in [0.1, 0.15) is 0 Å². The van der Waals surface area contributed by atoms with Crippen molar-refractivity contribution >= 4 is 27.3 Å². The highest BCUT2D eigenvalue weighted by atomic mass is 35.5. The molecule has 0 bridgehead atoms. The van der Waals surface area contributed by atoms with Crippen LogP contribution in [0, 0.1) is 6.92 Å². The normalized spacial score (nSPS) is 15.4. The topological polar surface area (TPSA) is 58.6 Å². The van der Waals surface area contributed by atoms with Gasteiger partial charge < -0.3 is 9.64 Å². The third-order valence-corrected chi connectivity index (χ3v) is 6.04. The van der Waals surface area contributed by atoms with Crippen molar-refractivity contribution in [1.29, 1.82) is 0 Å². The summed E-state index contributed by atoms with van der Waals surface area (Å²) >= 11 is 6.02. The molecule has 0 unspecified atom stereocenters. The van der Waals surface area contributed by atoms with Gasteiger partial charge in [0.25, 0.3) is 0 Å². The first kappa shape index (κ1) is 18.2. The zero-order chi connectivity index (χ0) is 17.9. The predicted octanol–water partition coefficient (Wildman–Crippen LogP) is 2.96. The molecule has 7 heteroatoms. The molecule has 1 N–H and O–H groups in total. The van der Waals surface area contributed by atoms with Gasteiger partial charge in [0.2, 0.25) is 10.0 Å². The summed E-state index contributed by atoms with van der Waals surface area (Å²) in [6.07, 6.45) is 0. The summed E-state index contributed by atoms with van der Waals surface area (Å²) in [5.41, 5.74) is 2.87. The molecular weight excluding hydrogens is 360 g/mol. The fraction of sp³-hybridized carbons (Fsp3) is 0.333. The summed E-state index contributed by atoms with van der Waals surface area (Å²) < 4.78 is 32.8. The molecule has 0 amide bonds. The molecule has 2 aromatic carbocycles. The number of nitrogens with one attached hydrogen (secondary N) is 1. The monoisotopic (exact) mass is 380 g/mol. The average Bonchev–Trinajstić information content (AvgIpc) is 2.63. The second-order valence-corrected chi connectivity index (χ2v) is 8.18. The van der Waals surface area contributed by atoms with E-state index < -0.39 is 10.0 Å². The van der Waals surface area contributed by atoms with E-state index in [1.54, 1.807) is 12.1 Å². The number of benzene rings is 2. The lowest BCUT2D eigenvalue weighted by atomic mass is 10.2. The molecule has 0 aromatic heterocycles. The molecule has 25 heavy (non-hydrogen) atoms. The van der Waals surface area contributed by atoms with Gasteiger partial charge in [-0.1, -0.05) is 29.8 Å². The van der Waals surface area contributed by atoms with Gasteiger partial charge in [-0.05, 0) is 42.3 Å². The van der Waals surface area contributed by atoms with E-state index in [1.165, 1.54) is 6.07 Å². The zero-order valence-electron chi connectivity index (χ0n) is 14.0. The molecule has 1 aliphatic rings. The Morgan fingerprint density at radius 1 is 1.12 bits per heavy atom. The minimum absolute atomic E-state index is 0.174. The summed E-state index contributed by atoms with van der Waals surface area (Å²) in [5, 5.41) is 0.442. The van der Waals surface area contributed by atoms with Gasteiger partial charge in [0.05, 0.1) is 18.1 Å². The largest absolute Gasteiger partial charge is 0.378 e. The van der Waals surface area contributed by atoms with E-state index >= 15 is 0 Å². The Morgan fingerprint density at radius 2 is 1.80 bits per heavy atom. The molecule has 134 valence electrons. The fourth-order valence-corrected chi connectivity index (χ4v) is 3.94. The van der Waals surface area contributed by atoms with E-state index in [0.29, 0.717) is 5.02 Å². The Bertz CT molecular complexity index is 832. The standard InChI is InChI=1S/C18H21ClN2O3S/c1-14-2-7-17(12-18(14)19)25(22,23)20-13-15-3-5-16(6-4-15)21-8-10-24-11-9-21/h2-7,12,20H,8-11,13H2,1H3. The lowest BCUT2D eigenvalue weighted by molar-refractivity contribution is 0.122. The quantitative estimate of drug-likeness (QED) is 0.866. The number of sulfonamides is 1. The molecule has 0 aliphatic carbocycles. The van der Waals surface area contributed by atoms with Crippen LogP contribution in [-0.4, -0.2) is 34.7 Å². The number of aryl methyl sites for hydroxylation is 1. The van der Waals surface area contributed by atoms with Crippen LogP contribution < -0.4 is 9.62 Å². The molecule has 5 nitrogen and oxygen atoms in total. The molecule has 3 rings (SSSR count). The molecule has 0 spiro atoms. The fourth-order valence-electron chi connectivity index (χ4n) is 2.65. The van der Waals surface area contributed by atoms with Crippen LogP contribution in [0.15, 0.2) is 47.4 Å². The van der Waals surface area contributed by atoms with Crippen LogP contribution in [0.4, 0.5) is 5.69 Å². The molecule has 1 fully saturated rings. The Labute approximate surface area is 153 Å². The molecular formula is C18H21ClN2O3S. The van der Waals surface area contributed by atoms with Crippen molar-refractivity contribution in [3.63, 3.8) is 0 Å². The van der Waals surface area contributed by atoms with E-state index in [2.05, 4.69) is 9.62 Å². The van der Waals surface area contributed by atoms with Crippen molar-refractivity contribution in [3.8, 4) is 0 Å². The summed E-state index contributed by atoms with van der Waals surface area (Å²) in [7, 11) is -3.59. The number of hydrogen-bond donors (Lipinski definition) is 1. The van der Waals surface area contributed by atoms with E-state index in [4.69, 9.17) is 16.3 Å². The van der Waals surface area contributed by atoms with Gasteiger partial charge in [0.15, 0.2) is 0 Å². The summed E-state index contributed by atoms with van der Waals surface area (Å²) in [5.74, 6) is 0. The Balaban J connectivity index is 1.65. The first-order valence-electron chi connectivity index (χ1n) is 8.13. The lowest BCUT2D eigenvalue weighted by Crippen LogP contribution is -2.36. The van der Waals surface area contributed by atoms with Crippen LogP contribution in [0.1, 0.15) is 11.1 Å². The maximum absolute atomic E-state index is 12.4. The predicted molar refractivity (Wildman–Crippen MR) is 99.7 cm³/mol. The maximum atomic E-state index is 12.4. The first-order valence-corrected chi connectivity index (χ1v) is 9.99. The van der Waals surface area contributed by atoms with Crippen LogP contribution in [-0.2, 0) is 21.3 Å². The van der Waals surface area contributed by atoms with E-state index in [1.807, 2.05) is 31.2 Å². The van der Waals surface area contributed by atoms with E-state index in [-0.39, 0.29) is 11.4 Å². The Kier molecular flexibility index (Phi) is 5.64.